The van der Waals surface area contributed by atoms with Crippen molar-refractivity contribution in [1.29, 1.82) is 0 Å². The molecule has 0 aliphatic carbocycles. The lowest BCUT2D eigenvalue weighted by molar-refractivity contribution is -0.128. The molecule has 4 rings (SSSR count). The number of likely N-dealkylation sites (tertiary alicyclic amines) is 1. The smallest absolute Gasteiger partial charge is 0.257 e. The van der Waals surface area contributed by atoms with E-state index in [1.54, 1.807) is 0 Å². The van der Waals surface area contributed by atoms with Crippen molar-refractivity contribution in [3.8, 4) is 0 Å². The van der Waals surface area contributed by atoms with Crippen LogP contribution >= 0.6 is 0 Å². The molecule has 0 bridgehead atoms. The quantitative estimate of drug-likeness (QED) is 0.733. The van der Waals surface area contributed by atoms with E-state index in [1.165, 1.54) is 5.56 Å². The highest BCUT2D eigenvalue weighted by atomic mass is 16.2. The molecule has 3 aromatic rings. The minimum Gasteiger partial charge on any atom is -0.358 e. The van der Waals surface area contributed by atoms with Crippen LogP contribution in [0.1, 0.15) is 40.0 Å². The van der Waals surface area contributed by atoms with E-state index in [0.29, 0.717) is 18.5 Å². The summed E-state index contributed by atoms with van der Waals surface area (Å²) in [5.41, 5.74) is 5.56. The maximum atomic E-state index is 12.8. The number of anilines is 1. The number of amides is 2. The Balaban J connectivity index is 1.50. The van der Waals surface area contributed by atoms with E-state index in [1.807, 2.05) is 54.3 Å². The van der Waals surface area contributed by atoms with Crippen molar-refractivity contribution < 1.29 is 9.59 Å². The number of aryl methyl sites for hydroxylation is 2. The Morgan fingerprint density at radius 3 is 2.63 bits per heavy atom. The van der Waals surface area contributed by atoms with E-state index in [0.717, 1.165) is 40.8 Å². The molecule has 0 spiro atoms. The second kappa shape index (κ2) is 6.91. The van der Waals surface area contributed by atoms with Gasteiger partial charge < -0.3 is 15.2 Å². The van der Waals surface area contributed by atoms with Crippen LogP contribution in [0, 0.1) is 13.8 Å². The summed E-state index contributed by atoms with van der Waals surface area (Å²) in [6, 6.07) is 13.5. The molecule has 2 N–H and O–H groups in total. The van der Waals surface area contributed by atoms with Gasteiger partial charge in [0.2, 0.25) is 5.91 Å². The maximum absolute atomic E-state index is 12.8. The molecular formula is C22H23N3O2. The lowest BCUT2D eigenvalue weighted by Gasteiger charge is -2.15. The van der Waals surface area contributed by atoms with Crippen LogP contribution in [0.4, 0.5) is 5.69 Å². The summed E-state index contributed by atoms with van der Waals surface area (Å²) in [6.45, 7) is 5.53. The van der Waals surface area contributed by atoms with Crippen molar-refractivity contribution >= 4 is 28.4 Å². The number of para-hydroxylation sites is 1. The number of nitrogens with zero attached hydrogens (tertiary/aromatic N) is 1. The van der Waals surface area contributed by atoms with Crippen molar-refractivity contribution in [3.63, 3.8) is 0 Å². The molecule has 1 fully saturated rings. The van der Waals surface area contributed by atoms with E-state index in [4.69, 9.17) is 0 Å². The fourth-order valence-electron chi connectivity index (χ4n) is 3.66. The van der Waals surface area contributed by atoms with Crippen LogP contribution in [0.2, 0.25) is 0 Å². The Hall–Kier alpha value is -3.08. The number of aromatic nitrogens is 1. The van der Waals surface area contributed by atoms with Gasteiger partial charge in [0.25, 0.3) is 5.91 Å². The van der Waals surface area contributed by atoms with Gasteiger partial charge in [-0.05, 0) is 49.6 Å². The predicted molar refractivity (Wildman–Crippen MR) is 107 cm³/mol. The van der Waals surface area contributed by atoms with Gasteiger partial charge >= 0.3 is 0 Å². The number of rotatable bonds is 4. The molecular weight excluding hydrogens is 338 g/mol. The van der Waals surface area contributed by atoms with Crippen LogP contribution in [0.5, 0.6) is 0 Å². The minimum absolute atomic E-state index is 0.135. The highest BCUT2D eigenvalue weighted by Crippen LogP contribution is 2.25. The molecule has 5 nitrogen and oxygen atoms in total. The van der Waals surface area contributed by atoms with Gasteiger partial charge in [0.1, 0.15) is 0 Å². The summed E-state index contributed by atoms with van der Waals surface area (Å²) in [6.07, 6.45) is 1.59. The van der Waals surface area contributed by atoms with E-state index in [9.17, 15) is 9.59 Å². The summed E-state index contributed by atoms with van der Waals surface area (Å²) in [5.74, 6) is 0.0846. The zero-order valence-electron chi connectivity index (χ0n) is 15.6. The zero-order valence-corrected chi connectivity index (χ0v) is 15.6. The van der Waals surface area contributed by atoms with Crippen molar-refractivity contribution in [3.05, 3.63) is 64.8 Å². The number of benzene rings is 2. The second-order valence-corrected chi connectivity index (χ2v) is 7.17. The first-order valence-corrected chi connectivity index (χ1v) is 9.29. The van der Waals surface area contributed by atoms with E-state index < -0.39 is 0 Å². The maximum Gasteiger partial charge on any atom is 0.257 e. The van der Waals surface area contributed by atoms with Crippen LogP contribution in [0.15, 0.2) is 42.5 Å². The van der Waals surface area contributed by atoms with E-state index in [-0.39, 0.29) is 11.8 Å². The molecule has 1 aliphatic heterocycles. The van der Waals surface area contributed by atoms with Crippen LogP contribution in [-0.4, -0.2) is 28.2 Å². The Kier molecular flexibility index (Phi) is 4.44. The molecule has 0 unspecified atom stereocenters. The van der Waals surface area contributed by atoms with Crippen molar-refractivity contribution in [2.45, 2.75) is 33.2 Å². The van der Waals surface area contributed by atoms with Crippen molar-refractivity contribution in [2.75, 3.05) is 11.9 Å². The summed E-state index contributed by atoms with van der Waals surface area (Å²) in [7, 11) is 0. The largest absolute Gasteiger partial charge is 0.358 e. The van der Waals surface area contributed by atoms with Crippen molar-refractivity contribution in [1.82, 2.24) is 9.88 Å². The van der Waals surface area contributed by atoms with Gasteiger partial charge in [-0.2, -0.15) is 0 Å². The number of nitrogens with one attached hydrogen (secondary N) is 2. The number of carbonyl (C=O) groups is 2. The molecule has 0 atom stereocenters. The number of fused-ring (bicyclic) bond motifs is 1. The molecule has 2 heterocycles. The predicted octanol–water partition coefficient (Wildman–Crippen LogP) is 4.16. The first kappa shape index (κ1) is 17.3. The fourth-order valence-corrected chi connectivity index (χ4v) is 3.66. The molecule has 27 heavy (non-hydrogen) atoms. The third-order valence-corrected chi connectivity index (χ3v) is 5.34. The average molecular weight is 361 g/mol. The highest BCUT2D eigenvalue weighted by molar-refractivity contribution is 6.12. The molecule has 1 aromatic heterocycles. The van der Waals surface area contributed by atoms with Crippen LogP contribution in [0.25, 0.3) is 10.9 Å². The summed E-state index contributed by atoms with van der Waals surface area (Å²) < 4.78 is 0. The highest BCUT2D eigenvalue weighted by Gasteiger charge is 2.20. The second-order valence-electron chi connectivity index (χ2n) is 7.17. The van der Waals surface area contributed by atoms with Gasteiger partial charge in [-0.3, -0.25) is 9.59 Å². The standard InChI is InChI=1S/C22H23N3O2/c1-14-15(2)23-21-18(14)5-3-6-19(21)22(27)24-17-10-8-16(9-11-17)13-25-12-4-7-20(25)26/h3,5-6,8-11,23H,4,7,12-13H2,1-2H3,(H,24,27). The average Bonchev–Trinajstić information content (AvgIpc) is 3.20. The Bertz CT molecular complexity index is 1020. The minimum atomic E-state index is -0.135. The van der Waals surface area contributed by atoms with Gasteiger partial charge in [-0.1, -0.05) is 24.3 Å². The third kappa shape index (κ3) is 3.33. The first-order chi connectivity index (χ1) is 13.0. The topological polar surface area (TPSA) is 65.2 Å². The van der Waals surface area contributed by atoms with Gasteiger partial charge in [-0.15, -0.1) is 0 Å². The van der Waals surface area contributed by atoms with E-state index >= 15 is 0 Å². The summed E-state index contributed by atoms with van der Waals surface area (Å²) in [4.78, 5) is 29.7. The first-order valence-electron chi connectivity index (χ1n) is 9.29. The van der Waals surface area contributed by atoms with Gasteiger partial charge in [-0.25, -0.2) is 0 Å². The number of hydrogen-bond donors (Lipinski definition) is 2. The molecule has 5 heteroatoms. The van der Waals surface area contributed by atoms with Crippen LogP contribution in [-0.2, 0) is 11.3 Å². The Morgan fingerprint density at radius 2 is 1.93 bits per heavy atom. The Morgan fingerprint density at radius 1 is 1.15 bits per heavy atom. The van der Waals surface area contributed by atoms with Gasteiger partial charge in [0.15, 0.2) is 0 Å². The molecule has 0 radical (unpaired) electrons. The number of H-pyrrole nitrogens is 1. The summed E-state index contributed by atoms with van der Waals surface area (Å²) in [5, 5.41) is 4.04. The molecule has 0 saturated carbocycles. The lowest BCUT2D eigenvalue weighted by Crippen LogP contribution is -2.23. The normalized spacial score (nSPS) is 14.1. The van der Waals surface area contributed by atoms with Gasteiger partial charge in [0, 0.05) is 36.3 Å². The molecule has 2 amide bonds. The number of hydrogen-bond acceptors (Lipinski definition) is 2. The van der Waals surface area contributed by atoms with Crippen LogP contribution < -0.4 is 5.32 Å². The van der Waals surface area contributed by atoms with Crippen molar-refractivity contribution in [2.24, 2.45) is 0 Å². The number of carbonyl (C=O) groups excluding carboxylic acids is 2. The fraction of sp³-hybridized carbons (Fsp3) is 0.273. The van der Waals surface area contributed by atoms with Gasteiger partial charge in [0.05, 0.1) is 11.1 Å². The third-order valence-electron chi connectivity index (χ3n) is 5.34. The van der Waals surface area contributed by atoms with E-state index in [2.05, 4.69) is 17.2 Å². The number of aromatic amines is 1. The zero-order chi connectivity index (χ0) is 19.0. The lowest BCUT2D eigenvalue weighted by atomic mass is 10.1. The molecule has 138 valence electrons. The van der Waals surface area contributed by atoms with Crippen LogP contribution in [0.3, 0.4) is 0 Å². The SMILES string of the molecule is Cc1[nH]c2c(C(=O)Nc3ccc(CN4CCCC4=O)cc3)cccc2c1C. The molecule has 2 aromatic carbocycles. The molecule has 1 aliphatic rings. The monoisotopic (exact) mass is 361 g/mol. The summed E-state index contributed by atoms with van der Waals surface area (Å²) >= 11 is 0. The Labute approximate surface area is 158 Å². The molecule has 1 saturated heterocycles.